The van der Waals surface area contributed by atoms with Crippen LogP contribution in [0.15, 0.2) is 65.8 Å². The minimum Gasteiger partial charge on any atom is -0.493 e. The highest BCUT2D eigenvalue weighted by atomic mass is 35.5. The summed E-state index contributed by atoms with van der Waals surface area (Å²) in [5.41, 5.74) is 5.66. The Balaban J connectivity index is 2.05. The minimum atomic E-state index is -1.18. The summed E-state index contributed by atoms with van der Waals surface area (Å²) >= 11 is 12.5. The zero-order chi connectivity index (χ0) is 30.2. The van der Waals surface area contributed by atoms with Crippen molar-refractivity contribution in [3.05, 3.63) is 93.2 Å². The van der Waals surface area contributed by atoms with Crippen LogP contribution in [0.3, 0.4) is 0 Å². The van der Waals surface area contributed by atoms with Crippen molar-refractivity contribution in [3.8, 4) is 5.75 Å². The van der Waals surface area contributed by atoms with Crippen molar-refractivity contribution in [2.75, 3.05) is 13.2 Å². The molecule has 2 N–H and O–H groups in total. The first-order valence-corrected chi connectivity index (χ1v) is 14.0. The van der Waals surface area contributed by atoms with E-state index in [0.29, 0.717) is 28.0 Å². The number of amides is 2. The van der Waals surface area contributed by atoms with Gasteiger partial charge in [-0.25, -0.2) is 9.69 Å². The van der Waals surface area contributed by atoms with Gasteiger partial charge in [-0.2, -0.15) is 0 Å². The number of aromatic nitrogens is 1. The fraction of sp³-hybridized carbons (Fsp3) is 0.355. The summed E-state index contributed by atoms with van der Waals surface area (Å²) in [6, 6.07) is 16.4. The Kier molecular flexibility index (Phi) is 8.39. The van der Waals surface area contributed by atoms with E-state index < -0.39 is 29.7 Å². The van der Waals surface area contributed by atoms with Gasteiger partial charge >= 0.3 is 6.09 Å². The lowest BCUT2D eigenvalue weighted by molar-refractivity contribution is -0.121. The van der Waals surface area contributed by atoms with E-state index in [1.807, 2.05) is 51.1 Å². The normalized spacial score (nSPS) is 20.5. The van der Waals surface area contributed by atoms with Gasteiger partial charge in [-0.05, 0) is 56.2 Å². The molecule has 216 valence electrons. The molecule has 0 bridgehead atoms. The lowest BCUT2D eigenvalue weighted by atomic mass is 9.71. The Bertz CT molecular complexity index is 1490. The maximum atomic E-state index is 14.0. The highest BCUT2D eigenvalue weighted by Crippen LogP contribution is 2.53. The predicted molar refractivity (Wildman–Crippen MR) is 161 cm³/mol. The second-order valence-electron chi connectivity index (χ2n) is 11.2. The number of ether oxygens (including phenoxy) is 2. The van der Waals surface area contributed by atoms with Gasteiger partial charge in [-0.3, -0.25) is 14.8 Å². The molecule has 1 aliphatic rings. The van der Waals surface area contributed by atoms with Gasteiger partial charge in [0.05, 0.1) is 12.2 Å². The van der Waals surface area contributed by atoms with E-state index >= 15 is 0 Å². The maximum absolute atomic E-state index is 14.0. The number of pyridine rings is 1. The number of carbonyl (C=O) groups excluding carboxylic acids is 2. The molecule has 8 nitrogen and oxygen atoms in total. The number of benzene rings is 2. The van der Waals surface area contributed by atoms with Crippen LogP contribution in [0, 0.1) is 0 Å². The third-order valence-corrected chi connectivity index (χ3v) is 7.95. The van der Waals surface area contributed by atoms with Crippen molar-refractivity contribution in [1.29, 1.82) is 0 Å². The van der Waals surface area contributed by atoms with E-state index in [1.165, 1.54) is 4.90 Å². The van der Waals surface area contributed by atoms with Gasteiger partial charge in [-0.1, -0.05) is 68.2 Å². The number of nitrogens with two attached hydrogens (primary N) is 1. The smallest absolute Gasteiger partial charge is 0.416 e. The fourth-order valence-corrected chi connectivity index (χ4v) is 5.29. The van der Waals surface area contributed by atoms with Crippen molar-refractivity contribution in [1.82, 2.24) is 9.88 Å². The Morgan fingerprint density at radius 1 is 0.976 bits per heavy atom. The third kappa shape index (κ3) is 5.63. The van der Waals surface area contributed by atoms with Crippen LogP contribution in [0.25, 0.3) is 0 Å². The van der Waals surface area contributed by atoms with Crippen molar-refractivity contribution >= 4 is 41.0 Å². The third-order valence-electron chi connectivity index (χ3n) is 7.44. The van der Waals surface area contributed by atoms with Crippen molar-refractivity contribution < 1.29 is 19.1 Å². The lowest BCUT2D eigenvalue weighted by Gasteiger charge is -2.44. The molecule has 2 atom stereocenters. The van der Waals surface area contributed by atoms with Gasteiger partial charge in [-0.15, -0.1) is 0 Å². The Morgan fingerprint density at radius 3 is 2.05 bits per heavy atom. The molecule has 41 heavy (non-hydrogen) atoms. The monoisotopic (exact) mass is 596 g/mol. The van der Waals surface area contributed by atoms with Crippen LogP contribution in [0.4, 0.5) is 4.79 Å². The molecule has 0 saturated heterocycles. The number of halogens is 2. The average Bonchev–Trinajstić information content (AvgIpc) is 3.16. The van der Waals surface area contributed by atoms with Crippen LogP contribution < -0.4 is 10.5 Å². The van der Waals surface area contributed by atoms with E-state index in [1.54, 1.807) is 30.5 Å². The molecule has 0 unspecified atom stereocenters. The topological polar surface area (TPSA) is 107 Å². The minimum absolute atomic E-state index is 0.252. The Hall–Kier alpha value is -3.62. The van der Waals surface area contributed by atoms with Crippen LogP contribution in [-0.2, 0) is 26.0 Å². The second-order valence-corrected chi connectivity index (χ2v) is 12.1. The molecule has 0 spiro atoms. The molecule has 2 amide bonds. The summed E-state index contributed by atoms with van der Waals surface area (Å²) in [4.78, 5) is 37.0. The summed E-state index contributed by atoms with van der Waals surface area (Å²) in [5, 5.41) is 1.10. The molecule has 0 aliphatic carbocycles. The molecule has 1 aliphatic heterocycles. The summed E-state index contributed by atoms with van der Waals surface area (Å²) in [5.74, 6) is -0.000588. The first-order chi connectivity index (χ1) is 19.2. The van der Waals surface area contributed by atoms with Crippen LogP contribution in [-0.4, -0.2) is 40.9 Å². The van der Waals surface area contributed by atoms with E-state index in [0.717, 1.165) is 16.8 Å². The largest absolute Gasteiger partial charge is 0.493 e. The molecular formula is C31H34Cl2N4O4. The predicted octanol–water partition coefficient (Wildman–Crippen LogP) is 6.60. The van der Waals surface area contributed by atoms with E-state index in [2.05, 4.69) is 20.8 Å². The van der Waals surface area contributed by atoms with Crippen LogP contribution in [0.1, 0.15) is 63.9 Å². The molecule has 10 heteroatoms. The number of aliphatic imine (C=N–C) groups is 1. The number of hydrogen-bond acceptors (Lipinski definition) is 6. The number of amidine groups is 1. The molecule has 0 radical (unpaired) electrons. The summed E-state index contributed by atoms with van der Waals surface area (Å²) in [6.07, 6.45) is 0.856. The van der Waals surface area contributed by atoms with Gasteiger partial charge in [0.15, 0.2) is 6.61 Å². The molecular weight excluding hydrogens is 563 g/mol. The van der Waals surface area contributed by atoms with Crippen molar-refractivity contribution in [3.63, 3.8) is 0 Å². The van der Waals surface area contributed by atoms with E-state index in [-0.39, 0.29) is 11.3 Å². The molecule has 0 saturated carbocycles. The first-order valence-electron chi connectivity index (χ1n) is 13.2. The van der Waals surface area contributed by atoms with Gasteiger partial charge < -0.3 is 15.2 Å². The molecule has 0 fully saturated rings. The summed E-state index contributed by atoms with van der Waals surface area (Å²) < 4.78 is 11.5. The summed E-state index contributed by atoms with van der Waals surface area (Å²) in [7, 11) is 0. The highest BCUT2D eigenvalue weighted by molar-refractivity contribution is 6.30. The first kappa shape index (κ1) is 30.3. The van der Waals surface area contributed by atoms with Gasteiger partial charge in [0.2, 0.25) is 0 Å². The van der Waals surface area contributed by atoms with Gasteiger partial charge in [0, 0.05) is 33.4 Å². The van der Waals surface area contributed by atoms with Crippen molar-refractivity contribution in [2.45, 2.75) is 58.0 Å². The molecule has 1 aromatic heterocycles. The number of rotatable bonds is 7. The molecule has 2 heterocycles. The average molecular weight is 598 g/mol. The van der Waals surface area contributed by atoms with Crippen LogP contribution in [0.2, 0.25) is 10.0 Å². The zero-order valence-corrected chi connectivity index (χ0v) is 25.5. The SMILES string of the molecule is CCOc1cc(C(C)(C)C)ncc1C1=N[C@@](C)(c2ccc(Cl)cc2)[C@@](C)(c2ccc(Cl)cc2)N1C(=O)OCC(N)=O. The molecule has 2 aromatic carbocycles. The molecule has 4 rings (SSSR count). The zero-order valence-electron chi connectivity index (χ0n) is 24.0. The molecule has 3 aromatic rings. The van der Waals surface area contributed by atoms with E-state index in [9.17, 15) is 9.59 Å². The lowest BCUT2D eigenvalue weighted by Crippen LogP contribution is -2.55. The number of primary amides is 1. The second kappa shape index (κ2) is 11.3. The number of carbonyl (C=O) groups is 2. The number of hydrogen-bond donors (Lipinski definition) is 1. The van der Waals surface area contributed by atoms with Crippen LogP contribution >= 0.6 is 23.2 Å². The fourth-order valence-electron chi connectivity index (χ4n) is 5.04. The van der Waals surface area contributed by atoms with E-state index in [4.69, 9.17) is 48.4 Å². The highest BCUT2D eigenvalue weighted by Gasteiger charge is 2.60. The maximum Gasteiger partial charge on any atom is 0.416 e. The quantitative estimate of drug-likeness (QED) is 0.330. The van der Waals surface area contributed by atoms with Gasteiger partial charge in [0.25, 0.3) is 5.91 Å². The van der Waals surface area contributed by atoms with Gasteiger partial charge in [0.1, 0.15) is 22.7 Å². The van der Waals surface area contributed by atoms with Crippen LogP contribution in [0.5, 0.6) is 5.75 Å². The standard InChI is InChI=1S/C31H34Cl2N4O4/c1-7-40-24-16-25(29(2,3)4)35-17-23(24)27-36-30(5,19-8-12-21(32)13-9-19)31(6,20-10-14-22(33)15-11-20)37(27)28(39)41-18-26(34)38/h8-17H,7,18H2,1-6H3,(H2,34,38)/t30-,31+/m0/s1. The Labute approximate surface area is 250 Å². The number of nitrogens with zero attached hydrogens (tertiary/aromatic N) is 3. The summed E-state index contributed by atoms with van der Waals surface area (Å²) in [6.45, 7) is 11.7. The Morgan fingerprint density at radius 2 is 1.54 bits per heavy atom. The van der Waals surface area contributed by atoms with Crippen molar-refractivity contribution in [2.24, 2.45) is 10.7 Å².